The third-order valence-electron chi connectivity index (χ3n) is 3.50. The Morgan fingerprint density at radius 2 is 1.73 bits per heavy atom. The average Bonchev–Trinajstić information content (AvgIpc) is 2.99. The van der Waals surface area contributed by atoms with Crippen molar-refractivity contribution >= 4 is 5.69 Å². The zero-order chi connectivity index (χ0) is 15.5. The fourth-order valence-corrected chi connectivity index (χ4v) is 2.32. The number of benzene rings is 1. The molecule has 0 atom stereocenters. The van der Waals surface area contributed by atoms with E-state index in [1.54, 1.807) is 12.4 Å². The van der Waals surface area contributed by atoms with Crippen LogP contribution in [-0.2, 0) is 6.54 Å². The molecule has 0 radical (unpaired) electrons. The molecule has 3 rings (SSSR count). The first-order valence-electron chi connectivity index (χ1n) is 7.03. The molecule has 0 spiro atoms. The van der Waals surface area contributed by atoms with E-state index in [1.807, 2.05) is 43.0 Å². The van der Waals surface area contributed by atoms with E-state index in [2.05, 4.69) is 32.3 Å². The van der Waals surface area contributed by atoms with Gasteiger partial charge in [0.15, 0.2) is 0 Å². The summed E-state index contributed by atoms with van der Waals surface area (Å²) in [6.07, 6.45) is 3.50. The molecule has 0 aliphatic carbocycles. The van der Waals surface area contributed by atoms with Crippen molar-refractivity contribution in [3.8, 4) is 16.9 Å². The first-order chi connectivity index (χ1) is 10.7. The monoisotopic (exact) mass is 294 g/mol. The first-order valence-corrected chi connectivity index (χ1v) is 7.03. The summed E-state index contributed by atoms with van der Waals surface area (Å²) in [6, 6.07) is 12.0. The molecule has 0 bridgehead atoms. The Labute approximate surface area is 129 Å². The highest BCUT2D eigenvalue weighted by atomic mass is 15.4. The van der Waals surface area contributed by atoms with E-state index in [1.165, 1.54) is 0 Å². The molecular weight excluding hydrogens is 276 g/mol. The normalized spacial score (nSPS) is 10.7. The van der Waals surface area contributed by atoms with E-state index in [4.69, 9.17) is 5.73 Å². The Kier molecular flexibility index (Phi) is 3.84. The van der Waals surface area contributed by atoms with Crippen LogP contribution in [0, 0.1) is 0 Å². The van der Waals surface area contributed by atoms with Gasteiger partial charge >= 0.3 is 0 Å². The molecule has 0 saturated carbocycles. The van der Waals surface area contributed by atoms with E-state index in [9.17, 15) is 0 Å². The van der Waals surface area contributed by atoms with E-state index in [-0.39, 0.29) is 0 Å². The van der Waals surface area contributed by atoms with Crippen molar-refractivity contribution in [1.82, 2.24) is 20.0 Å². The van der Waals surface area contributed by atoms with Crippen molar-refractivity contribution in [2.75, 3.05) is 19.0 Å². The highest BCUT2D eigenvalue weighted by molar-refractivity contribution is 5.64. The van der Waals surface area contributed by atoms with Crippen molar-refractivity contribution in [3.05, 3.63) is 54.5 Å². The fourth-order valence-electron chi connectivity index (χ4n) is 2.32. The topological polar surface area (TPSA) is 72.9 Å². The smallest absolute Gasteiger partial charge is 0.105 e. The molecule has 0 fully saturated rings. The molecule has 22 heavy (non-hydrogen) atoms. The van der Waals surface area contributed by atoms with E-state index >= 15 is 0 Å². The van der Waals surface area contributed by atoms with Gasteiger partial charge in [0.05, 0.1) is 11.4 Å². The lowest BCUT2D eigenvalue weighted by molar-refractivity contribution is 0.799. The molecule has 112 valence electrons. The van der Waals surface area contributed by atoms with Crippen molar-refractivity contribution < 1.29 is 0 Å². The van der Waals surface area contributed by atoms with Gasteiger partial charge in [-0.1, -0.05) is 5.21 Å². The lowest BCUT2D eigenvalue weighted by Gasteiger charge is -2.13. The van der Waals surface area contributed by atoms with Gasteiger partial charge in [0.25, 0.3) is 0 Å². The SMILES string of the molecule is CN(C)c1ccc(-n2nnc(CN)c2-c2ccncc2)cc1. The Morgan fingerprint density at radius 3 is 2.32 bits per heavy atom. The molecule has 0 unspecified atom stereocenters. The van der Waals surface area contributed by atoms with Crippen LogP contribution in [0.15, 0.2) is 48.8 Å². The maximum Gasteiger partial charge on any atom is 0.105 e. The van der Waals surface area contributed by atoms with Crippen molar-refractivity contribution in [1.29, 1.82) is 0 Å². The third-order valence-corrected chi connectivity index (χ3v) is 3.50. The van der Waals surface area contributed by atoms with Crippen LogP contribution in [0.3, 0.4) is 0 Å². The van der Waals surface area contributed by atoms with Crippen LogP contribution < -0.4 is 10.6 Å². The second-order valence-electron chi connectivity index (χ2n) is 5.15. The Bertz CT molecular complexity index is 746. The predicted molar refractivity (Wildman–Crippen MR) is 86.8 cm³/mol. The lowest BCUT2D eigenvalue weighted by atomic mass is 10.1. The molecule has 6 heteroatoms. The van der Waals surface area contributed by atoms with Gasteiger partial charge in [0, 0.05) is 44.3 Å². The maximum absolute atomic E-state index is 5.81. The maximum atomic E-state index is 5.81. The Morgan fingerprint density at radius 1 is 1.05 bits per heavy atom. The van der Waals surface area contributed by atoms with Gasteiger partial charge in [0.1, 0.15) is 5.69 Å². The van der Waals surface area contributed by atoms with Gasteiger partial charge < -0.3 is 10.6 Å². The van der Waals surface area contributed by atoms with Gasteiger partial charge in [0.2, 0.25) is 0 Å². The first kappa shape index (κ1) is 14.2. The van der Waals surface area contributed by atoms with Crippen molar-refractivity contribution in [2.24, 2.45) is 5.73 Å². The van der Waals surface area contributed by atoms with Crippen LogP contribution in [0.4, 0.5) is 5.69 Å². The number of hydrogen-bond donors (Lipinski definition) is 1. The molecule has 3 aromatic rings. The summed E-state index contributed by atoms with van der Waals surface area (Å²) < 4.78 is 1.82. The predicted octanol–water partition coefficient (Wildman–Crippen LogP) is 1.85. The molecular formula is C16H18N6. The van der Waals surface area contributed by atoms with Crippen LogP contribution in [0.2, 0.25) is 0 Å². The molecule has 2 aromatic heterocycles. The van der Waals surface area contributed by atoms with Crippen LogP contribution in [-0.4, -0.2) is 34.1 Å². The number of anilines is 1. The van der Waals surface area contributed by atoms with Crippen LogP contribution in [0.25, 0.3) is 16.9 Å². The van der Waals surface area contributed by atoms with Gasteiger partial charge in [-0.2, -0.15) is 0 Å². The summed E-state index contributed by atoms with van der Waals surface area (Å²) in [5.41, 5.74) is 10.6. The van der Waals surface area contributed by atoms with E-state index in [0.717, 1.165) is 28.3 Å². The highest BCUT2D eigenvalue weighted by Gasteiger charge is 2.15. The van der Waals surface area contributed by atoms with Gasteiger partial charge in [-0.15, -0.1) is 5.10 Å². The standard InChI is InChI=1S/C16H18N6/c1-21(2)13-3-5-14(6-4-13)22-16(15(11-17)19-20-22)12-7-9-18-10-8-12/h3-10H,11,17H2,1-2H3. The Hall–Kier alpha value is -2.73. The second kappa shape index (κ2) is 5.95. The van der Waals surface area contributed by atoms with Gasteiger partial charge in [-0.3, -0.25) is 4.98 Å². The van der Waals surface area contributed by atoms with Crippen molar-refractivity contribution in [3.63, 3.8) is 0 Å². The largest absolute Gasteiger partial charge is 0.378 e. The minimum Gasteiger partial charge on any atom is -0.378 e. The number of rotatable bonds is 4. The fraction of sp³-hybridized carbons (Fsp3) is 0.188. The molecule has 0 saturated heterocycles. The summed E-state index contributed by atoms with van der Waals surface area (Å²) in [5.74, 6) is 0. The zero-order valence-corrected chi connectivity index (χ0v) is 12.6. The molecule has 0 amide bonds. The van der Waals surface area contributed by atoms with Crippen LogP contribution >= 0.6 is 0 Å². The minimum atomic E-state index is 0.341. The van der Waals surface area contributed by atoms with Gasteiger partial charge in [-0.05, 0) is 36.4 Å². The van der Waals surface area contributed by atoms with Crippen LogP contribution in [0.1, 0.15) is 5.69 Å². The quantitative estimate of drug-likeness (QED) is 0.795. The van der Waals surface area contributed by atoms with Gasteiger partial charge in [-0.25, -0.2) is 4.68 Å². The minimum absolute atomic E-state index is 0.341. The molecule has 2 heterocycles. The van der Waals surface area contributed by atoms with Crippen LogP contribution in [0.5, 0.6) is 0 Å². The number of aromatic nitrogens is 4. The molecule has 1 aromatic carbocycles. The van der Waals surface area contributed by atoms with E-state index < -0.39 is 0 Å². The number of hydrogen-bond acceptors (Lipinski definition) is 5. The third kappa shape index (κ3) is 2.56. The Balaban J connectivity index is 2.10. The number of nitrogens with zero attached hydrogens (tertiary/aromatic N) is 5. The summed E-state index contributed by atoms with van der Waals surface area (Å²) in [4.78, 5) is 6.11. The molecule has 2 N–H and O–H groups in total. The summed E-state index contributed by atoms with van der Waals surface area (Å²) in [6.45, 7) is 0.341. The highest BCUT2D eigenvalue weighted by Crippen LogP contribution is 2.25. The number of pyridine rings is 1. The lowest BCUT2D eigenvalue weighted by Crippen LogP contribution is -2.08. The number of nitrogens with two attached hydrogens (primary N) is 1. The second-order valence-corrected chi connectivity index (χ2v) is 5.15. The molecule has 0 aliphatic rings. The zero-order valence-electron chi connectivity index (χ0n) is 12.6. The van der Waals surface area contributed by atoms with E-state index in [0.29, 0.717) is 6.54 Å². The average molecular weight is 294 g/mol. The summed E-state index contributed by atoms with van der Waals surface area (Å²) in [5, 5.41) is 8.46. The van der Waals surface area contributed by atoms with Crippen molar-refractivity contribution in [2.45, 2.75) is 6.54 Å². The molecule has 6 nitrogen and oxygen atoms in total. The summed E-state index contributed by atoms with van der Waals surface area (Å²) >= 11 is 0. The molecule has 0 aliphatic heterocycles. The summed E-state index contributed by atoms with van der Waals surface area (Å²) in [7, 11) is 4.03.